The van der Waals surface area contributed by atoms with E-state index in [2.05, 4.69) is 11.9 Å². The van der Waals surface area contributed by atoms with Crippen LogP contribution in [0.5, 0.6) is 0 Å². The molecule has 0 aromatic rings. The quantitative estimate of drug-likeness (QED) is 0.567. The summed E-state index contributed by atoms with van der Waals surface area (Å²) in [6.45, 7) is 14.8. The summed E-state index contributed by atoms with van der Waals surface area (Å²) in [5.41, 5.74) is 0.799. The summed E-state index contributed by atoms with van der Waals surface area (Å²) in [4.78, 5) is 2.45. The van der Waals surface area contributed by atoms with Gasteiger partial charge in [-0.05, 0) is 25.3 Å². The van der Waals surface area contributed by atoms with E-state index in [0.29, 0.717) is 0 Å². The standard InChI is InChI=1S/C9H17N.3C2H6/c1-10-7-9(8-10)5-3-2-4-6-9;3*1-2/h2-8H2,1H3;3*1-2H3. The van der Waals surface area contributed by atoms with Crippen molar-refractivity contribution in [3.63, 3.8) is 0 Å². The summed E-state index contributed by atoms with van der Waals surface area (Å²) < 4.78 is 0. The average molecular weight is 229 g/mol. The second-order valence-corrected chi connectivity index (χ2v) is 4.23. The van der Waals surface area contributed by atoms with Gasteiger partial charge >= 0.3 is 0 Å². The summed E-state index contributed by atoms with van der Waals surface area (Å²) in [6, 6.07) is 0. The Hall–Kier alpha value is -0.0400. The van der Waals surface area contributed by atoms with Crippen LogP contribution in [0.1, 0.15) is 73.6 Å². The average Bonchev–Trinajstić information content (AvgIpc) is 2.36. The van der Waals surface area contributed by atoms with E-state index >= 15 is 0 Å². The largest absolute Gasteiger partial charge is 0.305 e. The van der Waals surface area contributed by atoms with E-state index in [-0.39, 0.29) is 0 Å². The van der Waals surface area contributed by atoms with Crippen LogP contribution < -0.4 is 0 Å². The molecule has 1 aliphatic carbocycles. The molecule has 0 atom stereocenters. The van der Waals surface area contributed by atoms with Gasteiger partial charge in [-0.15, -0.1) is 0 Å². The maximum atomic E-state index is 2.45. The van der Waals surface area contributed by atoms with Crippen LogP contribution in [0.4, 0.5) is 0 Å². The summed E-state index contributed by atoms with van der Waals surface area (Å²) in [5.74, 6) is 0. The molecular formula is C15H35N. The van der Waals surface area contributed by atoms with Crippen LogP contribution in [-0.4, -0.2) is 25.0 Å². The Balaban J connectivity index is 0. The van der Waals surface area contributed by atoms with Crippen molar-refractivity contribution in [3.05, 3.63) is 0 Å². The Bertz CT molecular complexity index is 110. The molecule has 1 heterocycles. The Morgan fingerprint density at radius 2 is 1.06 bits per heavy atom. The third-order valence-corrected chi connectivity index (χ3v) is 3.12. The Morgan fingerprint density at radius 1 is 0.688 bits per heavy atom. The highest BCUT2D eigenvalue weighted by molar-refractivity contribution is 4.94. The van der Waals surface area contributed by atoms with Crippen molar-refractivity contribution in [1.82, 2.24) is 4.90 Å². The van der Waals surface area contributed by atoms with Crippen molar-refractivity contribution >= 4 is 0 Å². The monoisotopic (exact) mass is 229 g/mol. The molecule has 100 valence electrons. The van der Waals surface area contributed by atoms with Crippen LogP contribution in [0.2, 0.25) is 0 Å². The van der Waals surface area contributed by atoms with E-state index in [1.807, 2.05) is 41.5 Å². The highest BCUT2D eigenvalue weighted by atomic mass is 15.2. The van der Waals surface area contributed by atoms with Gasteiger partial charge in [0.1, 0.15) is 0 Å². The molecule has 2 aliphatic rings. The predicted octanol–water partition coefficient (Wildman–Crippen LogP) is 4.96. The van der Waals surface area contributed by atoms with E-state index in [1.165, 1.54) is 45.2 Å². The lowest BCUT2D eigenvalue weighted by Crippen LogP contribution is -2.54. The second kappa shape index (κ2) is 11.4. The molecule has 0 unspecified atom stereocenters. The smallest absolute Gasteiger partial charge is 0.00474 e. The summed E-state index contributed by atoms with van der Waals surface area (Å²) in [5, 5.41) is 0. The zero-order valence-corrected chi connectivity index (χ0v) is 12.9. The molecule has 1 spiro atoms. The van der Waals surface area contributed by atoms with Gasteiger partial charge in [-0.1, -0.05) is 60.8 Å². The molecule has 1 saturated heterocycles. The molecule has 1 nitrogen and oxygen atoms in total. The fourth-order valence-electron chi connectivity index (χ4n) is 2.72. The lowest BCUT2D eigenvalue weighted by molar-refractivity contribution is -0.00940. The zero-order valence-electron chi connectivity index (χ0n) is 12.9. The van der Waals surface area contributed by atoms with Crippen molar-refractivity contribution in [1.29, 1.82) is 0 Å². The summed E-state index contributed by atoms with van der Waals surface area (Å²) in [6.07, 6.45) is 7.50. The van der Waals surface area contributed by atoms with Crippen LogP contribution in [0.25, 0.3) is 0 Å². The van der Waals surface area contributed by atoms with Crippen LogP contribution in [0.3, 0.4) is 0 Å². The Kier molecular flexibility index (Phi) is 13.1. The van der Waals surface area contributed by atoms with Gasteiger partial charge in [0.25, 0.3) is 0 Å². The van der Waals surface area contributed by atoms with Gasteiger partial charge in [0, 0.05) is 13.1 Å². The van der Waals surface area contributed by atoms with Crippen molar-refractivity contribution in [3.8, 4) is 0 Å². The molecule has 1 saturated carbocycles. The van der Waals surface area contributed by atoms with Crippen molar-refractivity contribution in [2.24, 2.45) is 5.41 Å². The topological polar surface area (TPSA) is 3.24 Å². The van der Waals surface area contributed by atoms with Gasteiger partial charge in [0.15, 0.2) is 0 Å². The highest BCUT2D eigenvalue weighted by Gasteiger charge is 2.41. The SMILES string of the molecule is CC.CC.CC.CN1CC2(CCCCC2)C1. The molecule has 1 heteroatoms. The van der Waals surface area contributed by atoms with Gasteiger partial charge < -0.3 is 4.90 Å². The van der Waals surface area contributed by atoms with Crippen LogP contribution in [0, 0.1) is 5.41 Å². The van der Waals surface area contributed by atoms with E-state index in [1.54, 1.807) is 0 Å². The molecule has 2 fully saturated rings. The maximum Gasteiger partial charge on any atom is 0.00474 e. The minimum atomic E-state index is 0.799. The maximum absolute atomic E-state index is 2.45. The van der Waals surface area contributed by atoms with E-state index in [0.717, 1.165) is 5.41 Å². The zero-order chi connectivity index (χ0) is 13.0. The van der Waals surface area contributed by atoms with E-state index in [4.69, 9.17) is 0 Å². The lowest BCUT2D eigenvalue weighted by atomic mass is 9.69. The predicted molar refractivity (Wildman–Crippen MR) is 77.1 cm³/mol. The molecule has 16 heavy (non-hydrogen) atoms. The number of rotatable bonds is 0. The van der Waals surface area contributed by atoms with E-state index in [9.17, 15) is 0 Å². The first kappa shape index (κ1) is 18.3. The van der Waals surface area contributed by atoms with Gasteiger partial charge in [-0.3, -0.25) is 0 Å². The molecule has 0 amide bonds. The number of hydrogen-bond acceptors (Lipinski definition) is 1. The normalized spacial score (nSPS) is 21.2. The van der Waals surface area contributed by atoms with Gasteiger partial charge in [0.05, 0.1) is 0 Å². The van der Waals surface area contributed by atoms with Crippen molar-refractivity contribution in [2.75, 3.05) is 20.1 Å². The number of nitrogens with zero attached hydrogens (tertiary/aromatic N) is 1. The molecule has 0 bridgehead atoms. The molecule has 0 radical (unpaired) electrons. The molecule has 0 aromatic heterocycles. The van der Waals surface area contributed by atoms with Crippen molar-refractivity contribution in [2.45, 2.75) is 73.6 Å². The summed E-state index contributed by atoms with van der Waals surface area (Å²) in [7, 11) is 2.24. The van der Waals surface area contributed by atoms with Crippen LogP contribution in [-0.2, 0) is 0 Å². The molecular weight excluding hydrogens is 194 g/mol. The van der Waals surface area contributed by atoms with Gasteiger partial charge in [0.2, 0.25) is 0 Å². The molecule has 1 aliphatic heterocycles. The van der Waals surface area contributed by atoms with E-state index < -0.39 is 0 Å². The lowest BCUT2D eigenvalue weighted by Gasteiger charge is -2.51. The van der Waals surface area contributed by atoms with Gasteiger partial charge in [-0.2, -0.15) is 0 Å². The Labute approximate surface area is 105 Å². The second-order valence-electron chi connectivity index (χ2n) is 4.23. The Morgan fingerprint density at radius 3 is 1.38 bits per heavy atom. The number of hydrogen-bond donors (Lipinski definition) is 0. The molecule has 2 rings (SSSR count). The fraction of sp³-hybridized carbons (Fsp3) is 1.00. The third-order valence-electron chi connectivity index (χ3n) is 3.12. The fourth-order valence-corrected chi connectivity index (χ4v) is 2.72. The molecule has 0 aromatic carbocycles. The first-order chi connectivity index (χ1) is 7.81. The first-order valence-corrected chi connectivity index (χ1v) is 7.49. The first-order valence-electron chi connectivity index (χ1n) is 7.49. The third kappa shape index (κ3) is 5.89. The molecule has 0 N–H and O–H groups in total. The van der Waals surface area contributed by atoms with Crippen molar-refractivity contribution < 1.29 is 0 Å². The highest BCUT2D eigenvalue weighted by Crippen LogP contribution is 2.42. The summed E-state index contributed by atoms with van der Waals surface area (Å²) >= 11 is 0. The number of likely N-dealkylation sites (tertiary alicyclic amines) is 1. The van der Waals surface area contributed by atoms with Gasteiger partial charge in [-0.25, -0.2) is 0 Å². The van der Waals surface area contributed by atoms with Crippen LogP contribution >= 0.6 is 0 Å². The van der Waals surface area contributed by atoms with Crippen LogP contribution in [0.15, 0.2) is 0 Å². The minimum absolute atomic E-state index is 0.799. The minimum Gasteiger partial charge on any atom is -0.305 e.